The number of carbonyl (C=O) groups excluding carboxylic acids is 1. The molecule has 19 heavy (non-hydrogen) atoms. The van der Waals surface area contributed by atoms with Gasteiger partial charge in [-0.25, -0.2) is 0 Å². The van der Waals surface area contributed by atoms with Crippen LogP contribution in [0.1, 0.15) is 38.2 Å². The molecule has 1 atom stereocenters. The summed E-state index contributed by atoms with van der Waals surface area (Å²) in [7, 11) is 1.65. The first-order valence-corrected chi connectivity index (χ1v) is 7.11. The van der Waals surface area contributed by atoms with E-state index in [4.69, 9.17) is 4.74 Å². The minimum atomic E-state index is 0.140. The molecule has 0 radical (unpaired) electrons. The van der Waals surface area contributed by atoms with E-state index < -0.39 is 0 Å². The van der Waals surface area contributed by atoms with Crippen LogP contribution in [0.5, 0.6) is 5.75 Å². The van der Waals surface area contributed by atoms with Crippen molar-refractivity contribution in [2.75, 3.05) is 7.11 Å². The molecule has 1 saturated carbocycles. The summed E-state index contributed by atoms with van der Waals surface area (Å²) in [6.45, 7) is 2.65. The molecule has 1 fully saturated rings. The highest BCUT2D eigenvalue weighted by Gasteiger charge is 2.26. The van der Waals surface area contributed by atoms with Gasteiger partial charge in [-0.05, 0) is 36.5 Å². The van der Waals surface area contributed by atoms with Crippen molar-refractivity contribution >= 4 is 5.91 Å². The summed E-state index contributed by atoms with van der Waals surface area (Å²) in [5, 5.41) is 3.03. The first-order valence-electron chi connectivity index (χ1n) is 7.11. The van der Waals surface area contributed by atoms with E-state index in [1.165, 1.54) is 25.7 Å². The van der Waals surface area contributed by atoms with Gasteiger partial charge < -0.3 is 10.1 Å². The van der Waals surface area contributed by atoms with Gasteiger partial charge in [0.15, 0.2) is 0 Å². The number of amides is 1. The van der Waals surface area contributed by atoms with Crippen LogP contribution in [-0.4, -0.2) is 13.0 Å². The van der Waals surface area contributed by atoms with Gasteiger partial charge in [0.05, 0.1) is 7.11 Å². The number of rotatable bonds is 5. The Balaban J connectivity index is 1.81. The minimum Gasteiger partial charge on any atom is -0.497 e. The van der Waals surface area contributed by atoms with Crippen LogP contribution in [0.4, 0.5) is 0 Å². The van der Waals surface area contributed by atoms with E-state index >= 15 is 0 Å². The van der Waals surface area contributed by atoms with Crippen molar-refractivity contribution in [1.29, 1.82) is 0 Å². The van der Waals surface area contributed by atoms with E-state index in [-0.39, 0.29) is 11.8 Å². The molecule has 1 aromatic rings. The van der Waals surface area contributed by atoms with Gasteiger partial charge >= 0.3 is 0 Å². The third-order valence-corrected chi connectivity index (χ3v) is 4.15. The third-order valence-electron chi connectivity index (χ3n) is 4.15. The second-order valence-electron chi connectivity index (χ2n) is 5.40. The summed E-state index contributed by atoms with van der Waals surface area (Å²) < 4.78 is 5.11. The molecule has 0 saturated heterocycles. The molecule has 1 amide bonds. The van der Waals surface area contributed by atoms with Crippen LogP contribution in [0.15, 0.2) is 24.3 Å². The lowest BCUT2D eigenvalue weighted by Crippen LogP contribution is -2.32. The van der Waals surface area contributed by atoms with Gasteiger partial charge in [-0.3, -0.25) is 4.79 Å². The predicted molar refractivity (Wildman–Crippen MR) is 76.0 cm³/mol. The Hall–Kier alpha value is -1.51. The monoisotopic (exact) mass is 261 g/mol. The zero-order valence-corrected chi connectivity index (χ0v) is 11.8. The Kier molecular flexibility index (Phi) is 4.83. The van der Waals surface area contributed by atoms with Gasteiger partial charge in [0.25, 0.3) is 0 Å². The van der Waals surface area contributed by atoms with E-state index in [9.17, 15) is 4.79 Å². The van der Waals surface area contributed by atoms with Crippen molar-refractivity contribution in [3.63, 3.8) is 0 Å². The molecule has 1 aromatic carbocycles. The average molecular weight is 261 g/mol. The topological polar surface area (TPSA) is 38.3 Å². The lowest BCUT2D eigenvalue weighted by Gasteiger charge is -2.18. The molecule has 0 spiro atoms. The number of hydrogen-bond acceptors (Lipinski definition) is 2. The number of ether oxygens (including phenoxy) is 1. The molecule has 0 aromatic heterocycles. The summed E-state index contributed by atoms with van der Waals surface area (Å²) in [6, 6.07) is 7.81. The molecule has 0 heterocycles. The molecule has 2 rings (SSSR count). The second-order valence-corrected chi connectivity index (χ2v) is 5.40. The number of carbonyl (C=O) groups is 1. The third kappa shape index (κ3) is 3.72. The second kappa shape index (κ2) is 6.60. The Morgan fingerprint density at radius 1 is 1.32 bits per heavy atom. The summed E-state index contributed by atoms with van der Waals surface area (Å²) in [5.41, 5.74) is 1.10. The van der Waals surface area contributed by atoms with Crippen molar-refractivity contribution in [2.24, 2.45) is 11.8 Å². The predicted octanol–water partition coefficient (Wildman–Crippen LogP) is 3.14. The fourth-order valence-corrected chi connectivity index (χ4v) is 2.77. The maximum atomic E-state index is 12.1. The van der Waals surface area contributed by atoms with Crippen LogP contribution in [0.3, 0.4) is 0 Å². The summed E-state index contributed by atoms with van der Waals surface area (Å²) in [5.74, 6) is 1.74. The minimum absolute atomic E-state index is 0.140. The normalized spacial score (nSPS) is 17.2. The van der Waals surface area contributed by atoms with Crippen LogP contribution < -0.4 is 10.1 Å². The molecule has 1 N–H and O–H groups in total. The number of hydrogen-bond donors (Lipinski definition) is 1. The van der Waals surface area contributed by atoms with Gasteiger partial charge in [-0.1, -0.05) is 31.9 Å². The molecular formula is C16H23NO2. The molecule has 3 nitrogen and oxygen atoms in total. The maximum Gasteiger partial charge on any atom is 0.223 e. The Morgan fingerprint density at radius 3 is 2.53 bits per heavy atom. The number of methoxy groups -OCH3 is 1. The molecule has 104 valence electrons. The molecule has 0 aliphatic heterocycles. The van der Waals surface area contributed by atoms with Gasteiger partial charge in [0.2, 0.25) is 5.91 Å². The summed E-state index contributed by atoms with van der Waals surface area (Å²) >= 11 is 0. The lowest BCUT2D eigenvalue weighted by atomic mass is 9.92. The number of nitrogens with one attached hydrogen (secondary N) is 1. The van der Waals surface area contributed by atoms with Crippen molar-refractivity contribution in [2.45, 2.75) is 39.2 Å². The van der Waals surface area contributed by atoms with Crippen molar-refractivity contribution < 1.29 is 9.53 Å². The highest BCUT2D eigenvalue weighted by molar-refractivity contribution is 5.78. The van der Waals surface area contributed by atoms with Crippen molar-refractivity contribution in [1.82, 2.24) is 5.32 Å². The van der Waals surface area contributed by atoms with Gasteiger partial charge in [-0.2, -0.15) is 0 Å². The fourth-order valence-electron chi connectivity index (χ4n) is 2.77. The van der Waals surface area contributed by atoms with Gasteiger partial charge in [-0.15, -0.1) is 0 Å². The quantitative estimate of drug-likeness (QED) is 0.884. The van der Waals surface area contributed by atoms with Crippen molar-refractivity contribution in [3.05, 3.63) is 29.8 Å². The molecule has 0 bridgehead atoms. The zero-order chi connectivity index (χ0) is 13.7. The van der Waals surface area contributed by atoms with Gasteiger partial charge in [0.1, 0.15) is 5.75 Å². The first-order chi connectivity index (χ1) is 9.20. The zero-order valence-electron chi connectivity index (χ0n) is 11.8. The Labute approximate surface area is 115 Å². The largest absolute Gasteiger partial charge is 0.497 e. The molecule has 1 aliphatic rings. The lowest BCUT2D eigenvalue weighted by molar-refractivity contribution is -0.126. The SMILES string of the molecule is COc1ccc(CNC(=O)C(C)C2CCCC2)cc1. The molecular weight excluding hydrogens is 238 g/mol. The average Bonchev–Trinajstić information content (AvgIpc) is 2.98. The summed E-state index contributed by atoms with van der Waals surface area (Å²) in [6.07, 6.45) is 4.97. The van der Waals surface area contributed by atoms with Crippen LogP contribution in [0.2, 0.25) is 0 Å². The molecule has 1 unspecified atom stereocenters. The van der Waals surface area contributed by atoms with E-state index in [2.05, 4.69) is 12.2 Å². The highest BCUT2D eigenvalue weighted by atomic mass is 16.5. The Bertz CT molecular complexity index is 407. The van der Waals surface area contributed by atoms with Crippen LogP contribution in [0, 0.1) is 11.8 Å². The standard InChI is InChI=1S/C16H23NO2/c1-12(14-5-3-4-6-14)16(18)17-11-13-7-9-15(19-2)10-8-13/h7-10,12,14H,3-6,11H2,1-2H3,(H,17,18). The van der Waals surface area contributed by atoms with Crippen molar-refractivity contribution in [3.8, 4) is 5.75 Å². The van der Waals surface area contributed by atoms with Crippen LogP contribution in [0.25, 0.3) is 0 Å². The smallest absolute Gasteiger partial charge is 0.223 e. The fraction of sp³-hybridized carbons (Fsp3) is 0.562. The van der Waals surface area contributed by atoms with E-state index in [1.807, 2.05) is 24.3 Å². The number of benzene rings is 1. The maximum absolute atomic E-state index is 12.1. The van der Waals surface area contributed by atoms with Crippen LogP contribution >= 0.6 is 0 Å². The first kappa shape index (κ1) is 13.9. The molecule has 1 aliphatic carbocycles. The Morgan fingerprint density at radius 2 is 1.95 bits per heavy atom. The van der Waals surface area contributed by atoms with Crippen LogP contribution in [-0.2, 0) is 11.3 Å². The van der Waals surface area contributed by atoms with E-state index in [0.29, 0.717) is 12.5 Å². The van der Waals surface area contributed by atoms with Gasteiger partial charge in [0, 0.05) is 12.5 Å². The summed E-state index contributed by atoms with van der Waals surface area (Å²) in [4.78, 5) is 12.1. The molecule has 3 heteroatoms. The highest BCUT2D eigenvalue weighted by Crippen LogP contribution is 2.31. The van der Waals surface area contributed by atoms with E-state index in [1.54, 1.807) is 7.11 Å². The van der Waals surface area contributed by atoms with E-state index in [0.717, 1.165) is 11.3 Å².